The number of Topliss-reactive ketones (excluding diaryl/α,β-unsaturated/α-hetero) is 1. The predicted octanol–water partition coefficient (Wildman–Crippen LogP) is 2.82. The molecule has 0 saturated carbocycles. The first kappa shape index (κ1) is 16.2. The second-order valence-corrected chi connectivity index (χ2v) is 7.01. The van der Waals surface area contributed by atoms with Gasteiger partial charge in [0.05, 0.1) is 35.8 Å². The summed E-state index contributed by atoms with van der Waals surface area (Å²) in [6.45, 7) is 2.49. The number of aryl methyl sites for hydroxylation is 1. The van der Waals surface area contributed by atoms with Crippen molar-refractivity contribution < 1.29 is 23.5 Å². The van der Waals surface area contributed by atoms with Gasteiger partial charge in [0.2, 0.25) is 0 Å². The highest BCUT2D eigenvalue weighted by molar-refractivity contribution is 6.12. The minimum atomic E-state index is -0.490. The molecule has 2 unspecified atom stereocenters. The van der Waals surface area contributed by atoms with Crippen LogP contribution in [0.25, 0.3) is 11.3 Å². The van der Waals surface area contributed by atoms with Crippen molar-refractivity contribution in [2.24, 2.45) is 10.9 Å². The minimum absolute atomic E-state index is 0.0365. The quantitative estimate of drug-likeness (QED) is 0.767. The first-order valence-corrected chi connectivity index (χ1v) is 8.86. The van der Waals surface area contributed by atoms with Gasteiger partial charge in [-0.25, -0.2) is 4.79 Å². The van der Waals surface area contributed by atoms with E-state index >= 15 is 0 Å². The van der Waals surface area contributed by atoms with Gasteiger partial charge in [0.25, 0.3) is 0 Å². The van der Waals surface area contributed by atoms with Crippen molar-refractivity contribution in [2.75, 3.05) is 19.8 Å². The highest BCUT2D eigenvalue weighted by Gasteiger charge is 2.47. The molecule has 1 aromatic carbocycles. The van der Waals surface area contributed by atoms with E-state index in [0.717, 1.165) is 22.5 Å². The first-order valence-electron chi connectivity index (χ1n) is 8.86. The number of hydrogen-bond acceptors (Lipinski definition) is 6. The zero-order valence-corrected chi connectivity index (χ0v) is 14.7. The number of hydrogen-bond donors (Lipinski definition) is 0. The van der Waals surface area contributed by atoms with Crippen LogP contribution >= 0.6 is 0 Å². The number of esters is 1. The van der Waals surface area contributed by atoms with Crippen molar-refractivity contribution in [1.29, 1.82) is 0 Å². The van der Waals surface area contributed by atoms with E-state index in [9.17, 15) is 9.59 Å². The molecule has 1 fully saturated rings. The van der Waals surface area contributed by atoms with Gasteiger partial charge in [-0.2, -0.15) is 0 Å². The summed E-state index contributed by atoms with van der Waals surface area (Å²) in [7, 11) is 0. The van der Waals surface area contributed by atoms with Crippen LogP contribution in [0.2, 0.25) is 0 Å². The van der Waals surface area contributed by atoms with Crippen LogP contribution in [-0.2, 0) is 19.1 Å². The normalized spacial score (nSPS) is 24.4. The maximum absolute atomic E-state index is 12.7. The van der Waals surface area contributed by atoms with Gasteiger partial charge in [-0.1, -0.05) is 12.1 Å². The third kappa shape index (κ3) is 2.48. The number of fused-ring (bicyclic) bond motifs is 1. The maximum atomic E-state index is 12.7. The highest BCUT2D eigenvalue weighted by Crippen LogP contribution is 2.44. The van der Waals surface area contributed by atoms with Crippen LogP contribution in [0.1, 0.15) is 17.0 Å². The number of rotatable bonds is 2. The number of carbonyl (C=O) groups excluding carboxylic acids is 2. The summed E-state index contributed by atoms with van der Waals surface area (Å²) < 4.78 is 16.2. The van der Waals surface area contributed by atoms with Crippen LogP contribution in [0.15, 0.2) is 57.3 Å². The van der Waals surface area contributed by atoms with Gasteiger partial charge in [0.1, 0.15) is 19.0 Å². The summed E-state index contributed by atoms with van der Waals surface area (Å²) in [5, 5.41) is 0. The Hall–Kier alpha value is -2.99. The molecule has 1 aromatic heterocycles. The van der Waals surface area contributed by atoms with E-state index in [-0.39, 0.29) is 19.0 Å². The van der Waals surface area contributed by atoms with Gasteiger partial charge >= 0.3 is 5.97 Å². The fraction of sp³-hybridized carbons (Fsp3) is 0.286. The molecule has 2 aromatic rings. The molecule has 0 amide bonds. The molecule has 0 radical (unpaired) electrons. The number of nitrogens with zero attached hydrogens (tertiary/aromatic N) is 1. The summed E-state index contributed by atoms with van der Waals surface area (Å²) in [4.78, 5) is 29.7. The van der Waals surface area contributed by atoms with Crippen molar-refractivity contribution in [1.82, 2.24) is 0 Å². The Morgan fingerprint density at radius 2 is 1.96 bits per heavy atom. The zero-order valence-electron chi connectivity index (χ0n) is 14.7. The lowest BCUT2D eigenvalue weighted by Gasteiger charge is -2.33. The molecule has 0 bridgehead atoms. The lowest BCUT2D eigenvalue weighted by atomic mass is 9.73. The summed E-state index contributed by atoms with van der Waals surface area (Å²) in [5.41, 5.74) is 4.65. The second-order valence-electron chi connectivity index (χ2n) is 7.01. The smallest absolute Gasteiger partial charge is 0.337 e. The zero-order chi connectivity index (χ0) is 18.5. The monoisotopic (exact) mass is 363 g/mol. The molecule has 6 heteroatoms. The lowest BCUT2D eigenvalue weighted by molar-refractivity contribution is -0.136. The average Bonchev–Trinajstić information content (AvgIpc) is 3.31. The Kier molecular flexibility index (Phi) is 3.62. The molecule has 6 nitrogen and oxygen atoms in total. The summed E-state index contributed by atoms with van der Waals surface area (Å²) in [6.07, 6.45) is 1.63. The first-order chi connectivity index (χ1) is 13.1. The SMILES string of the molecule is Cc1ccc(C2C3=C(COC3=O)N=C3COCC(=O)C32)cc1-c1ccco1. The Labute approximate surface area is 155 Å². The van der Waals surface area contributed by atoms with Crippen LogP contribution in [0.4, 0.5) is 0 Å². The molecule has 0 spiro atoms. The van der Waals surface area contributed by atoms with Gasteiger partial charge in [0, 0.05) is 11.5 Å². The van der Waals surface area contributed by atoms with Crippen molar-refractivity contribution in [3.8, 4) is 11.3 Å². The average molecular weight is 363 g/mol. The van der Waals surface area contributed by atoms with Crippen molar-refractivity contribution >= 4 is 17.5 Å². The molecule has 3 aliphatic rings. The Morgan fingerprint density at radius 1 is 1.07 bits per heavy atom. The van der Waals surface area contributed by atoms with E-state index in [1.165, 1.54) is 0 Å². The molecule has 1 saturated heterocycles. The van der Waals surface area contributed by atoms with Crippen LogP contribution < -0.4 is 0 Å². The Balaban J connectivity index is 1.68. The summed E-state index contributed by atoms with van der Waals surface area (Å²) >= 11 is 0. The number of furan rings is 1. The highest BCUT2D eigenvalue weighted by atomic mass is 16.5. The number of benzene rings is 1. The van der Waals surface area contributed by atoms with Crippen molar-refractivity contribution in [3.63, 3.8) is 0 Å². The molecular weight excluding hydrogens is 346 g/mol. The largest absolute Gasteiger partial charge is 0.464 e. The molecule has 0 aliphatic carbocycles. The molecule has 0 N–H and O–H groups in total. The lowest BCUT2D eigenvalue weighted by Crippen LogP contribution is -2.43. The van der Waals surface area contributed by atoms with Crippen LogP contribution in [0.3, 0.4) is 0 Å². The van der Waals surface area contributed by atoms with Gasteiger partial charge in [0.15, 0.2) is 5.78 Å². The number of cyclic esters (lactones) is 1. The summed E-state index contributed by atoms with van der Waals surface area (Å²) in [6, 6.07) is 9.69. The summed E-state index contributed by atoms with van der Waals surface area (Å²) in [5.74, 6) is -0.599. The van der Waals surface area contributed by atoms with Crippen molar-refractivity contribution in [3.05, 3.63) is 59.0 Å². The van der Waals surface area contributed by atoms with Gasteiger partial charge in [-0.05, 0) is 36.2 Å². The molecule has 4 heterocycles. The maximum Gasteiger partial charge on any atom is 0.337 e. The minimum Gasteiger partial charge on any atom is -0.464 e. The van der Waals surface area contributed by atoms with E-state index < -0.39 is 17.8 Å². The number of carbonyl (C=O) groups is 2. The third-order valence-electron chi connectivity index (χ3n) is 5.40. The van der Waals surface area contributed by atoms with E-state index in [4.69, 9.17) is 13.9 Å². The molecule has 3 aliphatic heterocycles. The fourth-order valence-corrected chi connectivity index (χ4v) is 4.14. The fourth-order valence-electron chi connectivity index (χ4n) is 4.14. The number of ketones is 1. The standard InChI is InChI=1S/C21H17NO5/c1-11-4-5-12(7-13(11)17-3-2-6-26-17)18-19-14(8-25-10-16(19)23)22-15-9-27-21(24)20(15)18/h2-7,18-19H,8-10H2,1H3. The van der Waals surface area contributed by atoms with E-state index in [2.05, 4.69) is 4.99 Å². The topological polar surface area (TPSA) is 78.1 Å². The molecule has 136 valence electrons. The Bertz CT molecular complexity index is 1020. The molecule has 2 atom stereocenters. The van der Waals surface area contributed by atoms with Crippen LogP contribution in [0.5, 0.6) is 0 Å². The van der Waals surface area contributed by atoms with E-state index in [1.807, 2.05) is 37.3 Å². The van der Waals surface area contributed by atoms with E-state index in [1.54, 1.807) is 6.26 Å². The van der Waals surface area contributed by atoms with Gasteiger partial charge in [-0.15, -0.1) is 0 Å². The van der Waals surface area contributed by atoms with Crippen molar-refractivity contribution in [2.45, 2.75) is 12.8 Å². The van der Waals surface area contributed by atoms with Crippen LogP contribution in [0, 0.1) is 12.8 Å². The van der Waals surface area contributed by atoms with E-state index in [0.29, 0.717) is 23.6 Å². The van der Waals surface area contributed by atoms with Gasteiger partial charge < -0.3 is 13.9 Å². The Morgan fingerprint density at radius 3 is 2.78 bits per heavy atom. The van der Waals surface area contributed by atoms with Gasteiger partial charge in [-0.3, -0.25) is 9.79 Å². The van der Waals surface area contributed by atoms with Crippen LogP contribution in [-0.4, -0.2) is 37.3 Å². The number of aliphatic imine (C=N–C) groups is 1. The molecule has 5 rings (SSSR count). The third-order valence-corrected chi connectivity index (χ3v) is 5.40. The molecule has 27 heavy (non-hydrogen) atoms. The molecular formula is C21H17NO5. The second kappa shape index (κ2) is 6.03. The predicted molar refractivity (Wildman–Crippen MR) is 96.4 cm³/mol. The number of ether oxygens (including phenoxy) is 2.